The second-order valence-electron chi connectivity index (χ2n) is 5.17. The van der Waals surface area contributed by atoms with E-state index in [2.05, 4.69) is 4.90 Å². The van der Waals surface area contributed by atoms with E-state index in [9.17, 15) is 4.79 Å². The van der Waals surface area contributed by atoms with E-state index in [4.69, 9.17) is 4.74 Å². The normalized spacial score (nSPS) is 31.8. The quantitative estimate of drug-likeness (QED) is 0.731. The van der Waals surface area contributed by atoms with Crippen LogP contribution in [0.15, 0.2) is 0 Å². The van der Waals surface area contributed by atoms with Crippen LogP contribution in [0.1, 0.15) is 39.0 Å². The number of hydrogen-bond donors (Lipinski definition) is 0. The summed E-state index contributed by atoms with van der Waals surface area (Å²) in [7, 11) is 0. The molecule has 0 aromatic carbocycles. The van der Waals surface area contributed by atoms with Gasteiger partial charge in [-0.05, 0) is 45.6 Å². The van der Waals surface area contributed by atoms with E-state index in [1.165, 1.54) is 19.3 Å². The topological polar surface area (TPSA) is 29.5 Å². The highest BCUT2D eigenvalue weighted by molar-refractivity contribution is 5.78. The number of carbonyl (C=O) groups excluding carboxylic acids is 1. The third-order valence-corrected chi connectivity index (χ3v) is 3.87. The molecule has 0 N–H and O–H groups in total. The first-order valence-electron chi connectivity index (χ1n) is 6.60. The zero-order valence-electron chi connectivity index (χ0n) is 10.3. The molecule has 0 aromatic rings. The molecule has 3 heteroatoms. The van der Waals surface area contributed by atoms with Crippen molar-refractivity contribution < 1.29 is 9.53 Å². The van der Waals surface area contributed by atoms with Gasteiger partial charge >= 0.3 is 0 Å². The average Bonchev–Trinajstić information content (AvgIpc) is 2.79. The minimum absolute atomic E-state index is 0.290. The predicted molar refractivity (Wildman–Crippen MR) is 63.4 cm³/mol. The molecule has 0 aliphatic carbocycles. The number of hydrogen-bond acceptors (Lipinski definition) is 3. The Balaban J connectivity index is 1.70. The van der Waals surface area contributed by atoms with Gasteiger partial charge in [-0.15, -0.1) is 0 Å². The van der Waals surface area contributed by atoms with E-state index in [1.807, 2.05) is 0 Å². The van der Waals surface area contributed by atoms with Crippen LogP contribution in [0.25, 0.3) is 0 Å². The predicted octanol–water partition coefficient (Wildman–Crippen LogP) is 1.86. The summed E-state index contributed by atoms with van der Waals surface area (Å²) in [6.45, 7) is 5.92. The van der Waals surface area contributed by atoms with Gasteiger partial charge in [0, 0.05) is 25.6 Å². The number of rotatable bonds is 4. The molecule has 0 bridgehead atoms. The number of piperidine rings is 1. The van der Waals surface area contributed by atoms with Crippen LogP contribution in [-0.4, -0.2) is 43.0 Å². The van der Waals surface area contributed by atoms with Gasteiger partial charge in [0.1, 0.15) is 5.78 Å². The zero-order valence-corrected chi connectivity index (χ0v) is 10.3. The molecule has 2 heterocycles. The van der Waals surface area contributed by atoms with Gasteiger partial charge in [0.05, 0.1) is 6.10 Å². The number of likely N-dealkylation sites (tertiary alicyclic amines) is 1. The van der Waals surface area contributed by atoms with Crippen molar-refractivity contribution in [1.29, 1.82) is 0 Å². The molecule has 2 fully saturated rings. The summed E-state index contributed by atoms with van der Waals surface area (Å²) in [5.74, 6) is 0.653. The molecule has 2 aliphatic heterocycles. The van der Waals surface area contributed by atoms with Crippen molar-refractivity contribution in [2.24, 2.45) is 5.92 Å². The number of ketones is 1. The summed E-state index contributed by atoms with van der Waals surface area (Å²) >= 11 is 0. The zero-order chi connectivity index (χ0) is 11.4. The maximum absolute atomic E-state index is 11.4. The van der Waals surface area contributed by atoms with Crippen molar-refractivity contribution in [3.63, 3.8) is 0 Å². The van der Waals surface area contributed by atoms with E-state index >= 15 is 0 Å². The lowest BCUT2D eigenvalue weighted by Gasteiger charge is -2.31. The van der Waals surface area contributed by atoms with E-state index in [-0.39, 0.29) is 0 Å². The van der Waals surface area contributed by atoms with Gasteiger partial charge in [-0.25, -0.2) is 0 Å². The van der Waals surface area contributed by atoms with E-state index in [1.54, 1.807) is 6.92 Å². The van der Waals surface area contributed by atoms with Crippen molar-refractivity contribution in [2.75, 3.05) is 26.2 Å². The Kier molecular flexibility index (Phi) is 4.36. The summed E-state index contributed by atoms with van der Waals surface area (Å²) in [5, 5.41) is 0. The number of Topliss-reactive ketones (excluding diaryl/α,β-unsaturated/α-hetero) is 1. The first kappa shape index (κ1) is 12.1. The van der Waals surface area contributed by atoms with Crippen LogP contribution in [0.5, 0.6) is 0 Å². The van der Waals surface area contributed by atoms with Crippen LogP contribution in [0.2, 0.25) is 0 Å². The van der Waals surface area contributed by atoms with Crippen LogP contribution >= 0.6 is 0 Å². The molecule has 0 radical (unpaired) electrons. The Morgan fingerprint density at radius 3 is 2.94 bits per heavy atom. The molecule has 2 saturated heterocycles. The Labute approximate surface area is 98.1 Å². The molecule has 0 spiro atoms. The largest absolute Gasteiger partial charge is 0.378 e. The van der Waals surface area contributed by atoms with Crippen LogP contribution in [0.4, 0.5) is 0 Å². The van der Waals surface area contributed by atoms with Gasteiger partial charge < -0.3 is 9.64 Å². The molecular weight excluding hydrogens is 202 g/mol. The molecule has 16 heavy (non-hydrogen) atoms. The minimum Gasteiger partial charge on any atom is -0.378 e. The molecule has 2 atom stereocenters. The van der Waals surface area contributed by atoms with Gasteiger partial charge in [-0.3, -0.25) is 4.79 Å². The smallest absolute Gasteiger partial charge is 0.134 e. The average molecular weight is 225 g/mol. The monoisotopic (exact) mass is 225 g/mol. The lowest BCUT2D eigenvalue weighted by molar-refractivity contribution is -0.122. The summed E-state index contributed by atoms with van der Waals surface area (Å²) in [5.41, 5.74) is 0. The lowest BCUT2D eigenvalue weighted by Crippen LogP contribution is -2.39. The highest BCUT2D eigenvalue weighted by atomic mass is 16.5. The van der Waals surface area contributed by atoms with Gasteiger partial charge in [-0.2, -0.15) is 0 Å². The van der Waals surface area contributed by atoms with Gasteiger partial charge in [0.15, 0.2) is 0 Å². The minimum atomic E-state index is 0.290. The number of ether oxygens (including phenoxy) is 1. The number of nitrogens with zero attached hydrogens (tertiary/aromatic N) is 1. The van der Waals surface area contributed by atoms with Crippen LogP contribution < -0.4 is 0 Å². The second kappa shape index (κ2) is 5.78. The maximum atomic E-state index is 11.4. The molecule has 2 aliphatic rings. The Morgan fingerprint density at radius 1 is 1.38 bits per heavy atom. The second-order valence-corrected chi connectivity index (χ2v) is 5.17. The van der Waals surface area contributed by atoms with Gasteiger partial charge in [-0.1, -0.05) is 0 Å². The Morgan fingerprint density at radius 2 is 2.25 bits per heavy atom. The summed E-state index contributed by atoms with van der Waals surface area (Å²) in [4.78, 5) is 13.8. The fourth-order valence-electron chi connectivity index (χ4n) is 2.79. The highest BCUT2D eigenvalue weighted by Gasteiger charge is 2.24. The molecular formula is C13H23NO2. The molecule has 3 nitrogen and oxygen atoms in total. The lowest BCUT2D eigenvalue weighted by atomic mass is 9.94. The van der Waals surface area contributed by atoms with E-state index < -0.39 is 0 Å². The first-order chi connectivity index (χ1) is 7.75. The third kappa shape index (κ3) is 3.29. The number of carbonyl (C=O) groups is 1. The van der Waals surface area contributed by atoms with Crippen LogP contribution in [0.3, 0.4) is 0 Å². The fraction of sp³-hybridized carbons (Fsp3) is 0.923. The van der Waals surface area contributed by atoms with E-state index in [0.717, 1.165) is 39.1 Å². The highest BCUT2D eigenvalue weighted by Crippen LogP contribution is 2.20. The summed E-state index contributed by atoms with van der Waals surface area (Å²) in [6.07, 6.45) is 6.34. The van der Waals surface area contributed by atoms with Crippen molar-refractivity contribution in [1.82, 2.24) is 4.90 Å². The first-order valence-corrected chi connectivity index (χ1v) is 6.60. The van der Waals surface area contributed by atoms with Crippen molar-refractivity contribution in [2.45, 2.75) is 45.1 Å². The summed E-state index contributed by atoms with van der Waals surface area (Å²) in [6, 6.07) is 0. The van der Waals surface area contributed by atoms with Crippen LogP contribution in [-0.2, 0) is 9.53 Å². The fourth-order valence-corrected chi connectivity index (χ4v) is 2.79. The Bertz CT molecular complexity index is 236. The molecule has 2 unspecified atom stereocenters. The summed E-state index contributed by atoms with van der Waals surface area (Å²) < 4.78 is 5.62. The third-order valence-electron chi connectivity index (χ3n) is 3.87. The Hall–Kier alpha value is -0.410. The molecule has 0 amide bonds. The van der Waals surface area contributed by atoms with Crippen molar-refractivity contribution in [3.8, 4) is 0 Å². The maximum Gasteiger partial charge on any atom is 0.134 e. The van der Waals surface area contributed by atoms with Gasteiger partial charge in [0.2, 0.25) is 0 Å². The molecule has 0 aromatic heterocycles. The standard InChI is InChI=1S/C13H23NO2/c1-11(15)12-4-2-7-14(10-12)8-6-13-5-3-9-16-13/h12-13H,2-10H2,1H3. The van der Waals surface area contributed by atoms with Gasteiger partial charge in [0.25, 0.3) is 0 Å². The van der Waals surface area contributed by atoms with Crippen LogP contribution in [0, 0.1) is 5.92 Å². The van der Waals surface area contributed by atoms with Crippen molar-refractivity contribution in [3.05, 3.63) is 0 Å². The molecule has 0 saturated carbocycles. The van der Waals surface area contributed by atoms with E-state index in [0.29, 0.717) is 17.8 Å². The molecule has 2 rings (SSSR count). The SMILES string of the molecule is CC(=O)C1CCCN(CCC2CCCO2)C1. The molecule has 92 valence electrons. The van der Waals surface area contributed by atoms with Crippen molar-refractivity contribution >= 4 is 5.78 Å².